The maximum absolute atomic E-state index is 12.6. The minimum Gasteiger partial charge on any atom is -0.459 e. The zero-order valence-corrected chi connectivity index (χ0v) is 16.8. The van der Waals surface area contributed by atoms with Crippen molar-refractivity contribution in [2.45, 2.75) is 91.3 Å². The van der Waals surface area contributed by atoms with Crippen molar-refractivity contribution in [3.05, 3.63) is 35.4 Å². The molecule has 4 nitrogen and oxygen atoms in total. The van der Waals surface area contributed by atoms with Crippen molar-refractivity contribution in [1.82, 2.24) is 0 Å². The van der Waals surface area contributed by atoms with Gasteiger partial charge in [0.15, 0.2) is 0 Å². The van der Waals surface area contributed by atoms with Crippen molar-refractivity contribution in [1.29, 1.82) is 0 Å². The van der Waals surface area contributed by atoms with Crippen molar-refractivity contribution < 1.29 is 19.1 Å². The van der Waals surface area contributed by atoms with Gasteiger partial charge in [-0.2, -0.15) is 0 Å². The van der Waals surface area contributed by atoms with Crippen LogP contribution in [0.1, 0.15) is 99.8 Å². The van der Waals surface area contributed by atoms with E-state index in [2.05, 4.69) is 27.7 Å². The van der Waals surface area contributed by atoms with Gasteiger partial charge in [0.25, 0.3) is 0 Å². The van der Waals surface area contributed by atoms with Crippen LogP contribution in [0.25, 0.3) is 0 Å². The van der Waals surface area contributed by atoms with Crippen LogP contribution in [-0.4, -0.2) is 24.1 Å². The fourth-order valence-electron chi connectivity index (χ4n) is 3.08. The van der Waals surface area contributed by atoms with Crippen LogP contribution in [0.15, 0.2) is 24.3 Å². The van der Waals surface area contributed by atoms with Gasteiger partial charge in [-0.25, -0.2) is 9.59 Å². The SMILES string of the molecule is CCCC(CCC)OC(=O)c1ccccc1C(=O)OC(CCC)CCC. The van der Waals surface area contributed by atoms with E-state index in [1.165, 1.54) is 0 Å². The number of benzene rings is 1. The lowest BCUT2D eigenvalue weighted by Gasteiger charge is -2.19. The molecule has 1 aromatic rings. The first-order valence-electron chi connectivity index (χ1n) is 10.1. The topological polar surface area (TPSA) is 52.6 Å². The van der Waals surface area contributed by atoms with Crippen LogP contribution in [0.5, 0.6) is 0 Å². The molecule has 0 bridgehead atoms. The number of carbonyl (C=O) groups excluding carboxylic acids is 2. The van der Waals surface area contributed by atoms with Crippen LogP contribution in [0.2, 0.25) is 0 Å². The highest BCUT2D eigenvalue weighted by atomic mass is 16.5. The zero-order valence-electron chi connectivity index (χ0n) is 16.8. The molecule has 4 heteroatoms. The van der Waals surface area contributed by atoms with Crippen molar-refractivity contribution in [3.8, 4) is 0 Å². The average molecular weight is 363 g/mol. The Labute approximate surface area is 158 Å². The summed E-state index contributed by atoms with van der Waals surface area (Å²) in [6.07, 6.45) is 6.96. The van der Waals surface area contributed by atoms with Gasteiger partial charge in [-0.05, 0) is 37.8 Å². The highest BCUT2D eigenvalue weighted by Gasteiger charge is 2.23. The molecular formula is C22H34O4. The summed E-state index contributed by atoms with van der Waals surface area (Å²) in [5.41, 5.74) is 0.586. The molecule has 0 heterocycles. The molecule has 0 radical (unpaired) electrons. The molecule has 26 heavy (non-hydrogen) atoms. The summed E-state index contributed by atoms with van der Waals surface area (Å²) in [5.74, 6) is -0.876. The Morgan fingerprint density at radius 2 is 1.00 bits per heavy atom. The number of esters is 2. The Balaban J connectivity index is 2.91. The Morgan fingerprint density at radius 1 is 0.692 bits per heavy atom. The van der Waals surface area contributed by atoms with Crippen LogP contribution in [0, 0.1) is 0 Å². The second kappa shape index (κ2) is 12.5. The van der Waals surface area contributed by atoms with Crippen LogP contribution in [0.3, 0.4) is 0 Å². The fraction of sp³-hybridized carbons (Fsp3) is 0.636. The van der Waals surface area contributed by atoms with E-state index in [1.807, 2.05) is 0 Å². The third kappa shape index (κ3) is 7.19. The third-order valence-corrected chi connectivity index (χ3v) is 4.36. The summed E-state index contributed by atoms with van der Waals surface area (Å²) in [6, 6.07) is 6.78. The molecule has 0 unspecified atom stereocenters. The molecule has 0 N–H and O–H groups in total. The van der Waals surface area contributed by atoms with Crippen LogP contribution < -0.4 is 0 Å². The van der Waals surface area contributed by atoms with E-state index < -0.39 is 11.9 Å². The van der Waals surface area contributed by atoms with E-state index in [-0.39, 0.29) is 12.2 Å². The van der Waals surface area contributed by atoms with E-state index in [9.17, 15) is 9.59 Å². The maximum Gasteiger partial charge on any atom is 0.339 e. The molecule has 0 saturated carbocycles. The van der Waals surface area contributed by atoms with Gasteiger partial charge < -0.3 is 9.47 Å². The summed E-state index contributed by atoms with van der Waals surface area (Å²) < 4.78 is 11.3. The van der Waals surface area contributed by atoms with E-state index in [4.69, 9.17) is 9.47 Å². The van der Waals surface area contributed by atoms with Crippen molar-refractivity contribution in [2.24, 2.45) is 0 Å². The molecule has 0 aliphatic heterocycles. The largest absolute Gasteiger partial charge is 0.459 e. The molecule has 146 valence electrons. The molecule has 1 rings (SSSR count). The molecule has 0 aliphatic rings. The summed E-state index contributed by atoms with van der Waals surface area (Å²) in [7, 11) is 0. The van der Waals surface area contributed by atoms with Crippen molar-refractivity contribution >= 4 is 11.9 Å². The predicted molar refractivity (Wildman–Crippen MR) is 104 cm³/mol. The van der Waals surface area contributed by atoms with Gasteiger partial charge in [0.05, 0.1) is 11.1 Å². The van der Waals surface area contributed by atoms with Crippen LogP contribution >= 0.6 is 0 Å². The molecule has 0 spiro atoms. The Bertz CT molecular complexity index is 492. The minimum atomic E-state index is -0.438. The average Bonchev–Trinajstić information content (AvgIpc) is 2.62. The monoisotopic (exact) mass is 362 g/mol. The quantitative estimate of drug-likeness (QED) is 0.432. The first-order chi connectivity index (χ1) is 12.6. The number of hydrogen-bond acceptors (Lipinski definition) is 4. The van der Waals surface area contributed by atoms with Gasteiger partial charge in [-0.1, -0.05) is 65.5 Å². The second-order valence-electron chi connectivity index (χ2n) is 6.75. The highest BCUT2D eigenvalue weighted by Crippen LogP contribution is 2.19. The summed E-state index contributed by atoms with van der Waals surface area (Å²) in [4.78, 5) is 25.3. The molecular weight excluding hydrogens is 328 g/mol. The van der Waals surface area contributed by atoms with E-state index in [0.29, 0.717) is 11.1 Å². The Morgan fingerprint density at radius 3 is 1.27 bits per heavy atom. The van der Waals surface area contributed by atoms with Gasteiger partial charge in [-0.3, -0.25) is 0 Å². The third-order valence-electron chi connectivity index (χ3n) is 4.36. The minimum absolute atomic E-state index is 0.102. The first-order valence-corrected chi connectivity index (χ1v) is 10.1. The molecule has 0 atom stereocenters. The smallest absolute Gasteiger partial charge is 0.339 e. The van der Waals surface area contributed by atoms with Crippen LogP contribution in [-0.2, 0) is 9.47 Å². The predicted octanol–water partition coefficient (Wildman–Crippen LogP) is 5.94. The van der Waals surface area contributed by atoms with Gasteiger partial charge in [0.2, 0.25) is 0 Å². The molecule has 0 amide bonds. The molecule has 0 aliphatic carbocycles. The van der Waals surface area contributed by atoms with Gasteiger partial charge in [0, 0.05) is 0 Å². The lowest BCUT2D eigenvalue weighted by Crippen LogP contribution is -2.23. The summed E-state index contributed by atoms with van der Waals surface area (Å²) in [5, 5.41) is 0. The van der Waals surface area contributed by atoms with Crippen LogP contribution in [0.4, 0.5) is 0 Å². The maximum atomic E-state index is 12.6. The first kappa shape index (κ1) is 22.2. The fourth-order valence-corrected chi connectivity index (χ4v) is 3.08. The number of carbonyl (C=O) groups is 2. The van der Waals surface area contributed by atoms with Crippen molar-refractivity contribution in [3.63, 3.8) is 0 Å². The number of rotatable bonds is 12. The van der Waals surface area contributed by atoms with Gasteiger partial charge in [0.1, 0.15) is 12.2 Å². The van der Waals surface area contributed by atoms with E-state index in [1.54, 1.807) is 24.3 Å². The Hall–Kier alpha value is -1.84. The van der Waals surface area contributed by atoms with Gasteiger partial charge >= 0.3 is 11.9 Å². The molecule has 0 saturated heterocycles. The normalized spacial score (nSPS) is 11.0. The lowest BCUT2D eigenvalue weighted by atomic mass is 10.1. The van der Waals surface area contributed by atoms with E-state index in [0.717, 1.165) is 51.4 Å². The lowest BCUT2D eigenvalue weighted by molar-refractivity contribution is 0.0210. The number of hydrogen-bond donors (Lipinski definition) is 0. The molecule has 0 aromatic heterocycles. The van der Waals surface area contributed by atoms with Crippen molar-refractivity contribution in [2.75, 3.05) is 0 Å². The second-order valence-corrected chi connectivity index (χ2v) is 6.75. The molecule has 0 fully saturated rings. The summed E-state index contributed by atoms with van der Waals surface area (Å²) >= 11 is 0. The van der Waals surface area contributed by atoms with Gasteiger partial charge in [-0.15, -0.1) is 0 Å². The zero-order chi connectivity index (χ0) is 19.4. The number of ether oxygens (including phenoxy) is 2. The van der Waals surface area contributed by atoms with E-state index >= 15 is 0 Å². The summed E-state index contributed by atoms with van der Waals surface area (Å²) in [6.45, 7) is 8.29. The molecule has 1 aromatic carbocycles. The Kier molecular flexibility index (Phi) is 10.7. The standard InChI is InChI=1S/C22H34O4/c1-5-11-17(12-6-2)25-21(23)19-15-9-10-16-20(19)22(24)26-18(13-7-3)14-8-4/h9-10,15-18H,5-8,11-14H2,1-4H3. The highest BCUT2D eigenvalue weighted by molar-refractivity contribution is 6.03.